The van der Waals surface area contributed by atoms with Gasteiger partial charge in [-0.1, -0.05) is 25.1 Å². The van der Waals surface area contributed by atoms with E-state index in [1.165, 1.54) is 23.8 Å². The standard InChI is InChI=1S/C15H16N2O3S/c1-3-12-8-9-13(10-11(12)2)16-17-14-6-4-5-7-15(14)21(18,19)20/h4-10H,3H2,1-2H3,(H,18,19,20). The number of hydrogen-bond acceptors (Lipinski definition) is 4. The van der Waals surface area contributed by atoms with Gasteiger partial charge in [0.15, 0.2) is 0 Å². The van der Waals surface area contributed by atoms with E-state index >= 15 is 0 Å². The van der Waals surface area contributed by atoms with Gasteiger partial charge in [0.2, 0.25) is 0 Å². The first-order valence-electron chi connectivity index (χ1n) is 6.49. The summed E-state index contributed by atoms with van der Waals surface area (Å²) < 4.78 is 31.7. The predicted molar refractivity (Wildman–Crippen MR) is 81.0 cm³/mol. The Labute approximate surface area is 124 Å². The van der Waals surface area contributed by atoms with Crippen molar-refractivity contribution in [3.05, 3.63) is 53.6 Å². The van der Waals surface area contributed by atoms with Gasteiger partial charge in [0.05, 0.1) is 5.69 Å². The van der Waals surface area contributed by atoms with Crippen molar-refractivity contribution in [2.24, 2.45) is 10.2 Å². The molecule has 2 aromatic rings. The van der Waals surface area contributed by atoms with E-state index in [0.717, 1.165) is 12.0 Å². The van der Waals surface area contributed by atoms with Crippen LogP contribution in [-0.4, -0.2) is 13.0 Å². The van der Waals surface area contributed by atoms with Crippen LogP contribution in [0.15, 0.2) is 57.6 Å². The Balaban J connectivity index is 2.37. The first kappa shape index (κ1) is 15.3. The van der Waals surface area contributed by atoms with Crippen LogP contribution in [0, 0.1) is 6.92 Å². The molecule has 0 aliphatic rings. The first-order chi connectivity index (χ1) is 9.91. The number of hydrogen-bond donors (Lipinski definition) is 1. The zero-order chi connectivity index (χ0) is 15.5. The Bertz CT molecular complexity index is 783. The molecule has 0 saturated carbocycles. The fraction of sp³-hybridized carbons (Fsp3) is 0.200. The largest absolute Gasteiger partial charge is 0.296 e. The monoisotopic (exact) mass is 304 g/mol. The van der Waals surface area contributed by atoms with E-state index in [9.17, 15) is 8.42 Å². The maximum atomic E-state index is 11.3. The Kier molecular flexibility index (Phi) is 4.50. The van der Waals surface area contributed by atoms with Crippen LogP contribution < -0.4 is 0 Å². The molecule has 0 heterocycles. The summed E-state index contributed by atoms with van der Waals surface area (Å²) in [6.45, 7) is 4.07. The minimum Gasteiger partial charge on any atom is -0.282 e. The smallest absolute Gasteiger partial charge is 0.282 e. The number of rotatable bonds is 4. The summed E-state index contributed by atoms with van der Waals surface area (Å²) in [5, 5.41) is 7.96. The van der Waals surface area contributed by atoms with Crippen molar-refractivity contribution in [1.29, 1.82) is 0 Å². The van der Waals surface area contributed by atoms with Gasteiger partial charge in [0, 0.05) is 0 Å². The third-order valence-corrected chi connectivity index (χ3v) is 4.02. The van der Waals surface area contributed by atoms with Gasteiger partial charge in [0.1, 0.15) is 10.6 Å². The fourth-order valence-corrected chi connectivity index (χ4v) is 2.63. The number of benzene rings is 2. The van der Waals surface area contributed by atoms with E-state index in [0.29, 0.717) is 5.69 Å². The third-order valence-electron chi connectivity index (χ3n) is 3.12. The van der Waals surface area contributed by atoms with Crippen molar-refractivity contribution in [2.45, 2.75) is 25.2 Å². The summed E-state index contributed by atoms with van der Waals surface area (Å²) in [4.78, 5) is -0.254. The molecule has 0 aliphatic heterocycles. The molecule has 0 aliphatic carbocycles. The minimum atomic E-state index is -4.31. The second-order valence-electron chi connectivity index (χ2n) is 4.61. The third kappa shape index (κ3) is 3.74. The van der Waals surface area contributed by atoms with Gasteiger partial charge in [-0.3, -0.25) is 4.55 Å². The maximum absolute atomic E-state index is 11.3. The second-order valence-corrected chi connectivity index (χ2v) is 6.00. The molecular formula is C15H16N2O3S. The van der Waals surface area contributed by atoms with Crippen LogP contribution in [-0.2, 0) is 16.5 Å². The average Bonchev–Trinajstić information content (AvgIpc) is 2.44. The number of nitrogens with zero attached hydrogens (tertiary/aromatic N) is 2. The van der Waals surface area contributed by atoms with Crippen LogP contribution >= 0.6 is 0 Å². The Morgan fingerprint density at radius 2 is 1.81 bits per heavy atom. The zero-order valence-electron chi connectivity index (χ0n) is 11.8. The highest BCUT2D eigenvalue weighted by Gasteiger charge is 2.14. The van der Waals surface area contributed by atoms with Crippen molar-refractivity contribution < 1.29 is 13.0 Å². The molecule has 110 valence electrons. The quantitative estimate of drug-likeness (QED) is 0.678. The summed E-state index contributed by atoms with van der Waals surface area (Å²) in [5.74, 6) is 0. The molecule has 0 radical (unpaired) electrons. The normalized spacial score (nSPS) is 12.0. The molecule has 0 spiro atoms. The van der Waals surface area contributed by atoms with Crippen LogP contribution in [0.5, 0.6) is 0 Å². The summed E-state index contributed by atoms with van der Waals surface area (Å²) in [6, 6.07) is 11.6. The SMILES string of the molecule is CCc1ccc(N=Nc2ccccc2S(=O)(=O)O)cc1C. The topological polar surface area (TPSA) is 79.1 Å². The molecule has 0 aromatic heterocycles. The molecule has 0 fully saturated rings. The highest BCUT2D eigenvalue weighted by atomic mass is 32.2. The molecule has 5 nitrogen and oxygen atoms in total. The lowest BCUT2D eigenvalue weighted by Crippen LogP contribution is -1.97. The Morgan fingerprint density at radius 3 is 2.43 bits per heavy atom. The molecule has 0 amide bonds. The summed E-state index contributed by atoms with van der Waals surface area (Å²) in [5.41, 5.74) is 3.08. The molecule has 6 heteroatoms. The molecule has 0 unspecified atom stereocenters. The molecule has 0 atom stereocenters. The molecule has 0 saturated heterocycles. The van der Waals surface area contributed by atoms with Crippen molar-refractivity contribution in [2.75, 3.05) is 0 Å². The van der Waals surface area contributed by atoms with Gasteiger partial charge in [-0.25, -0.2) is 0 Å². The van der Waals surface area contributed by atoms with Crippen molar-refractivity contribution in [3.8, 4) is 0 Å². The van der Waals surface area contributed by atoms with Crippen molar-refractivity contribution in [3.63, 3.8) is 0 Å². The molecule has 2 rings (SSSR count). The fourth-order valence-electron chi connectivity index (χ4n) is 2.01. The highest BCUT2D eigenvalue weighted by Crippen LogP contribution is 2.26. The molecular weight excluding hydrogens is 288 g/mol. The number of azo groups is 1. The van der Waals surface area contributed by atoms with Crippen LogP contribution in [0.2, 0.25) is 0 Å². The van der Waals surface area contributed by atoms with Crippen LogP contribution in [0.25, 0.3) is 0 Å². The van der Waals surface area contributed by atoms with Crippen molar-refractivity contribution in [1.82, 2.24) is 0 Å². The average molecular weight is 304 g/mol. The van der Waals surface area contributed by atoms with E-state index in [-0.39, 0.29) is 10.6 Å². The van der Waals surface area contributed by atoms with Gasteiger partial charge in [0.25, 0.3) is 10.1 Å². The zero-order valence-corrected chi connectivity index (χ0v) is 12.6. The van der Waals surface area contributed by atoms with Crippen LogP contribution in [0.3, 0.4) is 0 Å². The van der Waals surface area contributed by atoms with E-state index < -0.39 is 10.1 Å². The summed E-state index contributed by atoms with van der Waals surface area (Å²) in [6.07, 6.45) is 0.939. The molecule has 21 heavy (non-hydrogen) atoms. The lowest BCUT2D eigenvalue weighted by molar-refractivity contribution is 0.483. The maximum Gasteiger partial charge on any atom is 0.296 e. The van der Waals surface area contributed by atoms with Crippen LogP contribution in [0.1, 0.15) is 18.1 Å². The van der Waals surface area contributed by atoms with Gasteiger partial charge >= 0.3 is 0 Å². The van der Waals surface area contributed by atoms with Crippen molar-refractivity contribution >= 4 is 21.5 Å². The Morgan fingerprint density at radius 1 is 1.10 bits per heavy atom. The summed E-state index contributed by atoms with van der Waals surface area (Å²) >= 11 is 0. The van der Waals surface area contributed by atoms with E-state index in [2.05, 4.69) is 17.2 Å². The second kappa shape index (κ2) is 6.15. The predicted octanol–water partition coefficient (Wildman–Crippen LogP) is 4.22. The lowest BCUT2D eigenvalue weighted by Gasteiger charge is -2.03. The first-order valence-corrected chi connectivity index (χ1v) is 7.93. The van der Waals surface area contributed by atoms with E-state index in [1.807, 2.05) is 25.1 Å². The molecule has 0 bridgehead atoms. The van der Waals surface area contributed by atoms with Gasteiger partial charge < -0.3 is 0 Å². The number of aryl methyl sites for hydroxylation is 2. The van der Waals surface area contributed by atoms with Crippen LogP contribution in [0.4, 0.5) is 11.4 Å². The summed E-state index contributed by atoms with van der Waals surface area (Å²) in [7, 11) is -4.31. The Hall–Kier alpha value is -2.05. The molecule has 1 N–H and O–H groups in total. The van der Waals surface area contributed by atoms with E-state index in [4.69, 9.17) is 4.55 Å². The minimum absolute atomic E-state index is 0.109. The molecule has 2 aromatic carbocycles. The lowest BCUT2D eigenvalue weighted by atomic mass is 10.1. The van der Waals surface area contributed by atoms with E-state index in [1.54, 1.807) is 6.07 Å². The van der Waals surface area contributed by atoms with Gasteiger partial charge in [-0.15, -0.1) is 5.11 Å². The highest BCUT2D eigenvalue weighted by molar-refractivity contribution is 7.86. The van der Waals surface area contributed by atoms with Gasteiger partial charge in [-0.2, -0.15) is 13.5 Å². The van der Waals surface area contributed by atoms with Gasteiger partial charge in [-0.05, 0) is 48.7 Å².